The van der Waals surface area contributed by atoms with Crippen molar-refractivity contribution in [1.82, 2.24) is 10.6 Å². The Kier molecular flexibility index (Phi) is 7.01. The minimum Gasteiger partial charge on any atom is -0.341 e. The maximum absolute atomic E-state index is 13.2. The Morgan fingerprint density at radius 3 is 2.41 bits per heavy atom. The number of benzene rings is 2. The van der Waals surface area contributed by atoms with Gasteiger partial charge in [-0.2, -0.15) is 0 Å². The minimum atomic E-state index is -0.776. The van der Waals surface area contributed by atoms with Gasteiger partial charge in [0, 0.05) is 18.3 Å². The van der Waals surface area contributed by atoms with Gasteiger partial charge >= 0.3 is 6.03 Å². The van der Waals surface area contributed by atoms with Gasteiger partial charge in [0.05, 0.1) is 7.05 Å². The number of hydrogen-bond acceptors (Lipinski definition) is 3. The van der Waals surface area contributed by atoms with Crippen LogP contribution in [0.4, 0.5) is 14.9 Å². The summed E-state index contributed by atoms with van der Waals surface area (Å²) in [5.41, 5.74) is 0.994. The third-order valence-electron chi connectivity index (χ3n) is 3.90. The monoisotopic (exact) mass is 373 g/mol. The van der Waals surface area contributed by atoms with Gasteiger partial charge in [-0.3, -0.25) is 14.9 Å². The Morgan fingerprint density at radius 1 is 1.07 bits per heavy atom. The van der Waals surface area contributed by atoms with Crippen LogP contribution in [0.1, 0.15) is 11.6 Å². The second-order valence-corrected chi connectivity index (χ2v) is 5.99. The zero-order chi connectivity index (χ0) is 19.8. The highest BCUT2D eigenvalue weighted by atomic mass is 19.1. The zero-order valence-electron chi connectivity index (χ0n) is 15.1. The van der Waals surface area contributed by atoms with Crippen LogP contribution < -0.4 is 20.9 Å². The first-order valence-electron chi connectivity index (χ1n) is 8.36. The van der Waals surface area contributed by atoms with Crippen molar-refractivity contribution < 1.29 is 23.7 Å². The number of rotatable bonds is 6. The average Bonchev–Trinajstić information content (AvgIpc) is 2.62. The first kappa shape index (κ1) is 20.1. The van der Waals surface area contributed by atoms with Crippen LogP contribution in [0.15, 0.2) is 54.6 Å². The fourth-order valence-corrected chi connectivity index (χ4v) is 2.68. The number of amides is 4. The van der Waals surface area contributed by atoms with E-state index in [0.29, 0.717) is 16.2 Å². The molecule has 0 aliphatic heterocycles. The molecule has 8 heteroatoms. The fraction of sp³-hybridized carbons (Fsp3) is 0.211. The number of halogens is 1. The van der Waals surface area contributed by atoms with E-state index in [1.807, 2.05) is 6.07 Å². The van der Waals surface area contributed by atoms with E-state index in [-0.39, 0.29) is 12.5 Å². The largest absolute Gasteiger partial charge is 0.341 e. The molecular weight excluding hydrogens is 351 g/mol. The Balaban J connectivity index is 2.13. The molecule has 27 heavy (non-hydrogen) atoms. The first-order valence-corrected chi connectivity index (χ1v) is 8.36. The molecule has 0 saturated heterocycles. The highest BCUT2D eigenvalue weighted by molar-refractivity contribution is 5.97. The molecule has 2 atom stereocenters. The molecule has 1 unspecified atom stereocenters. The van der Waals surface area contributed by atoms with Gasteiger partial charge in [-0.05, 0) is 18.2 Å². The lowest BCUT2D eigenvalue weighted by Gasteiger charge is -2.24. The van der Waals surface area contributed by atoms with E-state index in [1.165, 1.54) is 25.2 Å². The molecule has 0 heterocycles. The molecule has 0 saturated carbocycles. The summed E-state index contributed by atoms with van der Waals surface area (Å²) in [6, 6.07) is 13.0. The van der Waals surface area contributed by atoms with Crippen LogP contribution in [0, 0.1) is 5.82 Å². The molecule has 0 bridgehead atoms. The SMILES string of the molecule is CNC(=O)NC(=O)[C@@H](c1ccccc1)[NH+](C)CC(=O)Nc1cccc(F)c1. The molecule has 2 aromatic rings. The molecular formula is C19H22FN4O3+. The lowest BCUT2D eigenvalue weighted by molar-refractivity contribution is -0.894. The van der Waals surface area contributed by atoms with Gasteiger partial charge in [-0.1, -0.05) is 36.4 Å². The van der Waals surface area contributed by atoms with E-state index in [2.05, 4.69) is 16.0 Å². The Morgan fingerprint density at radius 2 is 1.78 bits per heavy atom. The molecule has 0 fully saturated rings. The van der Waals surface area contributed by atoms with Crippen molar-refractivity contribution in [3.63, 3.8) is 0 Å². The van der Waals surface area contributed by atoms with Gasteiger partial charge in [-0.15, -0.1) is 0 Å². The Bertz CT molecular complexity index is 814. The van der Waals surface area contributed by atoms with E-state index >= 15 is 0 Å². The average molecular weight is 373 g/mol. The predicted octanol–water partition coefficient (Wildman–Crippen LogP) is 0.476. The van der Waals surface area contributed by atoms with Crippen LogP contribution in [0.3, 0.4) is 0 Å². The molecule has 2 rings (SSSR count). The minimum absolute atomic E-state index is 0.0583. The molecule has 0 spiro atoms. The second kappa shape index (κ2) is 9.44. The van der Waals surface area contributed by atoms with Crippen LogP contribution in [-0.2, 0) is 9.59 Å². The van der Waals surface area contributed by atoms with Gasteiger partial charge in [0.15, 0.2) is 12.6 Å². The topological polar surface area (TPSA) is 91.7 Å². The quantitative estimate of drug-likeness (QED) is 0.593. The molecule has 0 aliphatic carbocycles. The summed E-state index contributed by atoms with van der Waals surface area (Å²) in [5, 5.41) is 7.17. The van der Waals surface area contributed by atoms with Crippen molar-refractivity contribution >= 4 is 23.5 Å². The highest BCUT2D eigenvalue weighted by Gasteiger charge is 2.31. The van der Waals surface area contributed by atoms with Gasteiger partial charge in [-0.25, -0.2) is 9.18 Å². The van der Waals surface area contributed by atoms with Gasteiger partial charge in [0.25, 0.3) is 11.8 Å². The fourth-order valence-electron chi connectivity index (χ4n) is 2.68. The van der Waals surface area contributed by atoms with Crippen molar-refractivity contribution in [2.75, 3.05) is 26.0 Å². The highest BCUT2D eigenvalue weighted by Crippen LogP contribution is 2.10. The number of urea groups is 1. The maximum atomic E-state index is 13.2. The molecule has 7 nitrogen and oxygen atoms in total. The van der Waals surface area contributed by atoms with Crippen LogP contribution in [-0.4, -0.2) is 38.5 Å². The van der Waals surface area contributed by atoms with Gasteiger partial charge in [0.1, 0.15) is 5.82 Å². The summed E-state index contributed by atoms with van der Waals surface area (Å²) in [4.78, 5) is 36.9. The van der Waals surface area contributed by atoms with Crippen molar-refractivity contribution in [1.29, 1.82) is 0 Å². The zero-order valence-corrected chi connectivity index (χ0v) is 15.1. The van der Waals surface area contributed by atoms with Gasteiger partial charge < -0.3 is 15.5 Å². The first-order chi connectivity index (χ1) is 12.9. The predicted molar refractivity (Wildman–Crippen MR) is 98.6 cm³/mol. The van der Waals surface area contributed by atoms with Crippen LogP contribution >= 0.6 is 0 Å². The smallest absolute Gasteiger partial charge is 0.321 e. The maximum Gasteiger partial charge on any atom is 0.321 e. The van der Waals surface area contributed by atoms with Crippen LogP contribution in [0.5, 0.6) is 0 Å². The molecule has 0 aliphatic rings. The van der Waals surface area contributed by atoms with Crippen molar-refractivity contribution in [2.45, 2.75) is 6.04 Å². The normalized spacial score (nSPS) is 12.6. The number of hydrogen-bond donors (Lipinski definition) is 4. The van der Waals surface area contributed by atoms with Gasteiger partial charge in [0.2, 0.25) is 0 Å². The van der Waals surface area contributed by atoms with Crippen molar-refractivity contribution in [3.05, 3.63) is 66.0 Å². The number of carbonyl (C=O) groups is 3. The second-order valence-electron chi connectivity index (χ2n) is 5.99. The molecule has 4 amide bonds. The van der Waals surface area contributed by atoms with Crippen LogP contribution in [0.25, 0.3) is 0 Å². The summed E-state index contributed by atoms with van der Waals surface area (Å²) in [5.74, 6) is -1.37. The lowest BCUT2D eigenvalue weighted by atomic mass is 10.0. The van der Waals surface area contributed by atoms with E-state index < -0.39 is 23.8 Å². The van der Waals surface area contributed by atoms with E-state index in [1.54, 1.807) is 37.4 Å². The summed E-state index contributed by atoms with van der Waals surface area (Å²) in [6.07, 6.45) is 0. The molecule has 0 aromatic heterocycles. The third kappa shape index (κ3) is 5.89. The number of carbonyl (C=O) groups excluding carboxylic acids is 3. The lowest BCUT2D eigenvalue weighted by Crippen LogP contribution is -3.11. The standard InChI is InChI=1S/C19H21FN4O3/c1-21-19(27)23-18(26)17(13-7-4-3-5-8-13)24(2)12-16(25)22-15-10-6-9-14(20)11-15/h3-11,17H,12H2,1-2H3,(H,22,25)(H2,21,23,26,27)/p+1/t17-/m1/s1. The number of anilines is 1. The number of nitrogens with one attached hydrogen (secondary N) is 4. The van der Waals surface area contributed by atoms with E-state index in [4.69, 9.17) is 0 Å². The van der Waals surface area contributed by atoms with E-state index in [0.717, 1.165) is 0 Å². The Hall–Kier alpha value is -3.26. The van der Waals surface area contributed by atoms with Crippen molar-refractivity contribution in [3.8, 4) is 0 Å². The summed E-state index contributed by atoms with van der Waals surface area (Å²) in [6.45, 7) is -0.0583. The molecule has 2 aromatic carbocycles. The van der Waals surface area contributed by atoms with Crippen molar-refractivity contribution in [2.24, 2.45) is 0 Å². The van der Waals surface area contributed by atoms with E-state index in [9.17, 15) is 18.8 Å². The molecule has 0 radical (unpaired) electrons. The summed E-state index contributed by atoms with van der Waals surface area (Å²) >= 11 is 0. The molecule has 4 N–H and O–H groups in total. The number of likely N-dealkylation sites (N-methyl/N-ethyl adjacent to an activating group) is 1. The molecule has 142 valence electrons. The summed E-state index contributed by atoms with van der Waals surface area (Å²) < 4.78 is 13.2. The number of imide groups is 1. The third-order valence-corrected chi connectivity index (χ3v) is 3.90. The van der Waals surface area contributed by atoms with Crippen LogP contribution in [0.2, 0.25) is 0 Å². The Labute approximate surface area is 156 Å². The summed E-state index contributed by atoms with van der Waals surface area (Å²) in [7, 11) is 3.08. The number of quaternary nitrogens is 1.